The van der Waals surface area contributed by atoms with E-state index in [9.17, 15) is 24.5 Å². The van der Waals surface area contributed by atoms with E-state index in [-0.39, 0.29) is 37.1 Å². The molecule has 11 nitrogen and oxygen atoms in total. The molecule has 4 aromatic carbocycles. The molecule has 1 aliphatic rings. The number of nitrogens with one attached hydrogen (secondary N) is 2. The first kappa shape index (κ1) is 27.8. The van der Waals surface area contributed by atoms with Crippen LogP contribution in [0, 0.1) is 10.1 Å². The van der Waals surface area contributed by atoms with Crippen LogP contribution in [0.3, 0.4) is 0 Å². The van der Waals surface area contributed by atoms with Gasteiger partial charge in [0.1, 0.15) is 25.5 Å². The van der Waals surface area contributed by atoms with Gasteiger partial charge < -0.3 is 24.8 Å². The van der Waals surface area contributed by atoms with Gasteiger partial charge in [-0.1, -0.05) is 60.7 Å². The molecule has 1 aliphatic carbocycles. The average molecular weight is 568 g/mol. The highest BCUT2D eigenvalue weighted by molar-refractivity contribution is 5.93. The number of alkyl carbamates (subject to hydrolysis) is 1. The highest BCUT2D eigenvalue weighted by atomic mass is 16.7. The molecule has 0 fully saturated rings. The highest BCUT2D eigenvalue weighted by Gasteiger charge is 2.29. The summed E-state index contributed by atoms with van der Waals surface area (Å²) in [4.78, 5) is 46.7. The number of anilines is 1. The molecule has 2 amide bonds. The summed E-state index contributed by atoms with van der Waals surface area (Å²) < 4.78 is 15.5. The van der Waals surface area contributed by atoms with Crippen molar-refractivity contribution in [3.8, 4) is 16.9 Å². The van der Waals surface area contributed by atoms with Gasteiger partial charge in [-0.25, -0.2) is 9.59 Å². The fraction of sp³-hybridized carbons (Fsp3) is 0.129. The van der Waals surface area contributed by atoms with Crippen molar-refractivity contribution in [2.75, 3.05) is 18.5 Å². The van der Waals surface area contributed by atoms with E-state index in [1.54, 1.807) is 24.3 Å². The number of rotatable bonds is 9. The third kappa shape index (κ3) is 6.70. The number of non-ortho nitro benzene ring substituents is 1. The molecule has 11 heteroatoms. The second-order valence-corrected chi connectivity index (χ2v) is 9.32. The van der Waals surface area contributed by atoms with E-state index >= 15 is 0 Å². The Morgan fingerprint density at radius 3 is 2.02 bits per heavy atom. The van der Waals surface area contributed by atoms with Gasteiger partial charge in [0.05, 0.1) is 4.92 Å². The Hall–Kier alpha value is -5.71. The van der Waals surface area contributed by atoms with Crippen LogP contribution in [0.5, 0.6) is 5.75 Å². The average Bonchev–Trinajstić information content (AvgIpc) is 3.32. The standard InChI is InChI=1S/C31H25N3O8/c35-29(17-32-30(36)40-19-28-26-7-3-1-5-24(26)25-6-2-4-8-27(25)28)33-21-11-9-20(10-12-21)18-41-31(37)42-23-15-13-22(14-16-23)34(38)39/h1-16,28H,17-19H2,(H,32,36)(H,33,35). The zero-order valence-electron chi connectivity index (χ0n) is 22.1. The zero-order chi connectivity index (χ0) is 29.5. The van der Waals surface area contributed by atoms with E-state index in [1.165, 1.54) is 24.3 Å². The molecule has 212 valence electrons. The Balaban J connectivity index is 1.03. The van der Waals surface area contributed by atoms with Crippen LogP contribution in [-0.4, -0.2) is 36.2 Å². The number of carbonyl (C=O) groups excluding carboxylic acids is 3. The lowest BCUT2D eigenvalue weighted by atomic mass is 9.98. The predicted molar refractivity (Wildman–Crippen MR) is 152 cm³/mol. The number of hydrogen-bond donors (Lipinski definition) is 2. The molecule has 0 heterocycles. The van der Waals surface area contributed by atoms with E-state index < -0.39 is 23.1 Å². The van der Waals surface area contributed by atoms with Crippen LogP contribution in [0.4, 0.5) is 21.0 Å². The summed E-state index contributed by atoms with van der Waals surface area (Å²) in [7, 11) is 0. The number of carbonyl (C=O) groups is 3. The summed E-state index contributed by atoms with van der Waals surface area (Å²) in [6, 6.07) is 27.6. The third-order valence-corrected chi connectivity index (χ3v) is 6.58. The molecule has 0 spiro atoms. The Morgan fingerprint density at radius 1 is 0.786 bits per heavy atom. The molecule has 2 N–H and O–H groups in total. The maximum absolute atomic E-state index is 12.3. The summed E-state index contributed by atoms with van der Waals surface area (Å²) in [5, 5.41) is 15.8. The lowest BCUT2D eigenvalue weighted by Gasteiger charge is -2.14. The molecule has 42 heavy (non-hydrogen) atoms. The smallest absolute Gasteiger partial charge is 0.449 e. The van der Waals surface area contributed by atoms with Crippen molar-refractivity contribution < 1.29 is 33.5 Å². The number of ether oxygens (including phenoxy) is 3. The first-order valence-corrected chi connectivity index (χ1v) is 12.9. The second-order valence-electron chi connectivity index (χ2n) is 9.32. The molecular formula is C31H25N3O8. The van der Waals surface area contributed by atoms with E-state index in [0.717, 1.165) is 22.3 Å². The first-order valence-electron chi connectivity index (χ1n) is 12.9. The van der Waals surface area contributed by atoms with E-state index in [0.29, 0.717) is 11.3 Å². The van der Waals surface area contributed by atoms with Crippen LogP contribution in [0.1, 0.15) is 22.6 Å². The van der Waals surface area contributed by atoms with Crippen LogP contribution in [0.15, 0.2) is 97.1 Å². The van der Waals surface area contributed by atoms with Gasteiger partial charge >= 0.3 is 12.2 Å². The number of amides is 2. The minimum Gasteiger partial charge on any atom is -0.449 e. The lowest BCUT2D eigenvalue weighted by molar-refractivity contribution is -0.384. The van der Waals surface area contributed by atoms with Crippen LogP contribution >= 0.6 is 0 Å². The molecule has 0 saturated carbocycles. The number of nitro benzene ring substituents is 1. The van der Waals surface area contributed by atoms with Gasteiger partial charge in [-0.2, -0.15) is 0 Å². The molecule has 0 unspecified atom stereocenters. The predicted octanol–water partition coefficient (Wildman–Crippen LogP) is 5.79. The van der Waals surface area contributed by atoms with Crippen LogP contribution in [0.25, 0.3) is 11.1 Å². The molecular weight excluding hydrogens is 542 g/mol. The van der Waals surface area contributed by atoms with Crippen molar-refractivity contribution in [3.63, 3.8) is 0 Å². The van der Waals surface area contributed by atoms with Crippen molar-refractivity contribution in [3.05, 3.63) is 124 Å². The minimum absolute atomic E-state index is 0.0800. The Morgan fingerprint density at radius 2 is 1.40 bits per heavy atom. The van der Waals surface area contributed by atoms with Gasteiger partial charge in [0, 0.05) is 23.7 Å². The normalized spacial score (nSPS) is 11.5. The van der Waals surface area contributed by atoms with Crippen LogP contribution in [0.2, 0.25) is 0 Å². The number of nitro groups is 1. The van der Waals surface area contributed by atoms with E-state index in [2.05, 4.69) is 22.8 Å². The summed E-state index contributed by atoms with van der Waals surface area (Å²) >= 11 is 0. The second kappa shape index (κ2) is 12.6. The molecule has 0 radical (unpaired) electrons. The Bertz CT molecular complexity index is 1570. The molecule has 0 bridgehead atoms. The Kier molecular flexibility index (Phi) is 8.38. The van der Waals surface area contributed by atoms with Crippen molar-refractivity contribution in [2.24, 2.45) is 0 Å². The number of fused-ring (bicyclic) bond motifs is 3. The summed E-state index contributed by atoms with van der Waals surface area (Å²) in [6.07, 6.45) is -1.67. The third-order valence-electron chi connectivity index (χ3n) is 6.58. The monoisotopic (exact) mass is 567 g/mol. The number of benzene rings is 4. The van der Waals surface area contributed by atoms with Gasteiger partial charge in [-0.15, -0.1) is 0 Å². The molecule has 0 aliphatic heterocycles. The molecule has 5 rings (SSSR count). The fourth-order valence-electron chi connectivity index (χ4n) is 4.60. The minimum atomic E-state index is -0.972. The quantitative estimate of drug-likeness (QED) is 0.112. The van der Waals surface area contributed by atoms with E-state index in [1.807, 2.05) is 36.4 Å². The largest absolute Gasteiger partial charge is 0.514 e. The first-order chi connectivity index (χ1) is 20.4. The van der Waals surface area contributed by atoms with Crippen LogP contribution in [-0.2, 0) is 20.9 Å². The Labute approximate surface area is 240 Å². The van der Waals surface area contributed by atoms with Gasteiger partial charge in [0.15, 0.2) is 0 Å². The van der Waals surface area contributed by atoms with E-state index in [4.69, 9.17) is 14.2 Å². The lowest BCUT2D eigenvalue weighted by Crippen LogP contribution is -2.33. The number of nitrogens with zero attached hydrogens (tertiary/aromatic N) is 1. The topological polar surface area (TPSA) is 146 Å². The highest BCUT2D eigenvalue weighted by Crippen LogP contribution is 2.44. The van der Waals surface area contributed by atoms with Crippen molar-refractivity contribution in [1.82, 2.24) is 5.32 Å². The summed E-state index contributed by atoms with van der Waals surface area (Å²) in [5.41, 5.74) is 5.43. The molecule has 0 saturated heterocycles. The summed E-state index contributed by atoms with van der Waals surface area (Å²) in [5.74, 6) is -0.418. The van der Waals surface area contributed by atoms with Crippen molar-refractivity contribution >= 4 is 29.5 Å². The SMILES string of the molecule is O=C(CNC(=O)OCC1c2ccccc2-c2ccccc21)Nc1ccc(COC(=O)Oc2ccc([N+](=O)[O-])cc2)cc1. The van der Waals surface area contributed by atoms with Gasteiger partial charge in [0.2, 0.25) is 5.91 Å². The van der Waals surface area contributed by atoms with Gasteiger partial charge in [-0.05, 0) is 52.1 Å². The molecule has 0 aromatic heterocycles. The summed E-state index contributed by atoms with van der Waals surface area (Å²) in [6.45, 7) is -0.230. The zero-order valence-corrected chi connectivity index (χ0v) is 22.1. The number of hydrogen-bond acceptors (Lipinski definition) is 8. The van der Waals surface area contributed by atoms with Crippen molar-refractivity contribution in [2.45, 2.75) is 12.5 Å². The fourth-order valence-corrected chi connectivity index (χ4v) is 4.60. The van der Waals surface area contributed by atoms with Gasteiger partial charge in [0.25, 0.3) is 5.69 Å². The van der Waals surface area contributed by atoms with Crippen LogP contribution < -0.4 is 15.4 Å². The maximum Gasteiger partial charge on any atom is 0.514 e. The molecule has 0 atom stereocenters. The maximum atomic E-state index is 12.3. The van der Waals surface area contributed by atoms with Crippen molar-refractivity contribution in [1.29, 1.82) is 0 Å². The molecule has 4 aromatic rings. The van der Waals surface area contributed by atoms with Gasteiger partial charge in [-0.3, -0.25) is 14.9 Å².